The number of aryl methyl sites for hydroxylation is 1. The quantitative estimate of drug-likeness (QED) is 0.556. The lowest BCUT2D eigenvalue weighted by atomic mass is 10.1. The fourth-order valence-electron chi connectivity index (χ4n) is 2.52. The van der Waals surface area contributed by atoms with E-state index in [1.54, 1.807) is 49.4 Å². The van der Waals surface area contributed by atoms with Crippen molar-refractivity contribution in [1.82, 2.24) is 4.98 Å². The van der Waals surface area contributed by atoms with E-state index in [2.05, 4.69) is 10.3 Å². The summed E-state index contributed by atoms with van der Waals surface area (Å²) >= 11 is 0. The molecule has 26 heavy (non-hydrogen) atoms. The van der Waals surface area contributed by atoms with Gasteiger partial charge < -0.3 is 14.5 Å². The van der Waals surface area contributed by atoms with Gasteiger partial charge in [0.2, 0.25) is 5.91 Å². The fourth-order valence-corrected chi connectivity index (χ4v) is 2.52. The van der Waals surface area contributed by atoms with Crippen molar-refractivity contribution in [2.45, 2.75) is 13.8 Å². The van der Waals surface area contributed by atoms with E-state index < -0.39 is 5.97 Å². The van der Waals surface area contributed by atoms with Gasteiger partial charge in [-0.15, -0.1) is 0 Å². The summed E-state index contributed by atoms with van der Waals surface area (Å²) in [6, 6.07) is 10.3. The number of carbonyl (C=O) groups excluding carboxylic acids is 2. The summed E-state index contributed by atoms with van der Waals surface area (Å²) in [5, 5.41) is 3.49. The number of hydrogen-bond donors (Lipinski definition) is 1. The zero-order chi connectivity index (χ0) is 18.5. The van der Waals surface area contributed by atoms with Gasteiger partial charge in [-0.05, 0) is 56.3 Å². The third-order valence-corrected chi connectivity index (χ3v) is 3.65. The molecule has 3 rings (SSSR count). The number of esters is 1. The van der Waals surface area contributed by atoms with E-state index >= 15 is 0 Å². The largest absolute Gasteiger partial charge is 0.465 e. The molecule has 2 aromatic heterocycles. The number of fused-ring (bicyclic) bond motifs is 1. The number of hydrogen-bond acceptors (Lipinski definition) is 5. The number of pyridine rings is 1. The van der Waals surface area contributed by atoms with E-state index in [4.69, 9.17) is 9.15 Å². The van der Waals surface area contributed by atoms with Crippen molar-refractivity contribution in [3.05, 3.63) is 65.8 Å². The van der Waals surface area contributed by atoms with Crippen LogP contribution in [0.15, 0.2) is 53.2 Å². The molecule has 0 radical (unpaired) electrons. The molecule has 132 valence electrons. The van der Waals surface area contributed by atoms with Crippen LogP contribution in [0.5, 0.6) is 0 Å². The molecule has 0 unspecified atom stereocenters. The third kappa shape index (κ3) is 3.97. The van der Waals surface area contributed by atoms with E-state index in [1.165, 1.54) is 12.3 Å². The van der Waals surface area contributed by atoms with Crippen molar-refractivity contribution >= 4 is 34.5 Å². The molecule has 6 nitrogen and oxygen atoms in total. The maximum absolute atomic E-state index is 12.2. The summed E-state index contributed by atoms with van der Waals surface area (Å²) in [5.74, 6) is -0.139. The Balaban J connectivity index is 1.91. The zero-order valence-electron chi connectivity index (χ0n) is 14.5. The molecule has 0 aliphatic carbocycles. The fraction of sp³-hybridized carbons (Fsp3) is 0.150. The van der Waals surface area contributed by atoms with Crippen LogP contribution in [0.1, 0.15) is 28.7 Å². The number of anilines is 1. The number of rotatable bonds is 5. The molecule has 2 heterocycles. The van der Waals surface area contributed by atoms with Crippen molar-refractivity contribution in [3.63, 3.8) is 0 Å². The molecule has 1 aromatic carbocycles. The lowest BCUT2D eigenvalue weighted by Gasteiger charge is -2.10. The van der Waals surface area contributed by atoms with Crippen molar-refractivity contribution in [2.24, 2.45) is 0 Å². The second-order valence-electron chi connectivity index (χ2n) is 5.60. The highest BCUT2D eigenvalue weighted by atomic mass is 16.5. The van der Waals surface area contributed by atoms with Gasteiger partial charge in [0.05, 0.1) is 29.6 Å². The van der Waals surface area contributed by atoms with Crippen LogP contribution in [-0.4, -0.2) is 23.5 Å². The molecule has 6 heteroatoms. The summed E-state index contributed by atoms with van der Waals surface area (Å²) < 4.78 is 10.2. The number of amides is 1. The Kier molecular flexibility index (Phi) is 5.12. The molecule has 0 fully saturated rings. The molecule has 0 aliphatic heterocycles. The Labute approximate surface area is 150 Å². The molecule has 3 aromatic rings. The normalized spacial score (nSPS) is 11.0. The summed E-state index contributed by atoms with van der Waals surface area (Å²) in [7, 11) is 0. The second-order valence-corrected chi connectivity index (χ2v) is 5.60. The average Bonchev–Trinajstić information content (AvgIpc) is 3.13. The highest BCUT2D eigenvalue weighted by molar-refractivity contribution is 6.08. The Morgan fingerprint density at radius 1 is 1.27 bits per heavy atom. The van der Waals surface area contributed by atoms with Gasteiger partial charge in [0.15, 0.2) is 0 Å². The first-order chi connectivity index (χ1) is 12.6. The van der Waals surface area contributed by atoms with Gasteiger partial charge in [-0.2, -0.15) is 0 Å². The van der Waals surface area contributed by atoms with Gasteiger partial charge in [0.1, 0.15) is 5.76 Å². The van der Waals surface area contributed by atoms with Crippen molar-refractivity contribution < 1.29 is 18.7 Å². The average molecular weight is 350 g/mol. The minimum atomic E-state index is -0.412. The molecule has 0 bridgehead atoms. The predicted molar refractivity (Wildman–Crippen MR) is 98.8 cm³/mol. The van der Waals surface area contributed by atoms with E-state index in [-0.39, 0.29) is 5.91 Å². The lowest BCUT2D eigenvalue weighted by Crippen LogP contribution is -2.09. The standard InChI is InChI=1S/C20H18N2O4/c1-3-25-20(24)14-6-8-17-16(12-14)18(11-13(2)21-17)22-19(23)9-7-15-5-4-10-26-15/h4-12H,3H2,1-2H3,(H,21,22,23)/b9-7+. The van der Waals surface area contributed by atoms with E-state index in [0.717, 1.165) is 5.69 Å². The Bertz CT molecular complexity index is 975. The van der Waals surface area contributed by atoms with Crippen LogP contribution in [0.2, 0.25) is 0 Å². The first-order valence-electron chi connectivity index (χ1n) is 8.18. The number of aromatic nitrogens is 1. The molecule has 0 atom stereocenters. The first-order valence-corrected chi connectivity index (χ1v) is 8.18. The van der Waals surface area contributed by atoms with Crippen LogP contribution in [-0.2, 0) is 9.53 Å². The van der Waals surface area contributed by atoms with Gasteiger partial charge >= 0.3 is 5.97 Å². The minimum absolute atomic E-state index is 0.296. The number of furan rings is 1. The molecule has 1 N–H and O–H groups in total. The molecule has 0 saturated heterocycles. The van der Waals surface area contributed by atoms with Crippen LogP contribution in [0.4, 0.5) is 5.69 Å². The van der Waals surface area contributed by atoms with Crippen LogP contribution in [0, 0.1) is 6.92 Å². The summed E-state index contributed by atoms with van der Waals surface area (Å²) in [6.07, 6.45) is 4.50. The monoisotopic (exact) mass is 350 g/mol. The van der Waals surface area contributed by atoms with E-state index in [9.17, 15) is 9.59 Å². The van der Waals surface area contributed by atoms with Gasteiger partial charge in [0.25, 0.3) is 0 Å². The maximum Gasteiger partial charge on any atom is 0.338 e. The minimum Gasteiger partial charge on any atom is -0.465 e. The molecule has 0 saturated carbocycles. The summed E-state index contributed by atoms with van der Waals surface area (Å²) in [4.78, 5) is 28.6. The molecule has 1 amide bonds. The van der Waals surface area contributed by atoms with Gasteiger partial charge in [-0.1, -0.05) is 0 Å². The maximum atomic E-state index is 12.2. The van der Waals surface area contributed by atoms with Crippen molar-refractivity contribution in [1.29, 1.82) is 0 Å². The molecule has 0 spiro atoms. The summed E-state index contributed by atoms with van der Waals surface area (Å²) in [6.45, 7) is 3.89. The number of nitrogens with one attached hydrogen (secondary N) is 1. The Hall–Kier alpha value is -3.41. The van der Waals surface area contributed by atoms with E-state index in [0.29, 0.717) is 34.5 Å². The van der Waals surface area contributed by atoms with Gasteiger partial charge in [0, 0.05) is 17.2 Å². The van der Waals surface area contributed by atoms with E-state index in [1.807, 2.05) is 6.92 Å². The van der Waals surface area contributed by atoms with Crippen LogP contribution in [0.3, 0.4) is 0 Å². The Morgan fingerprint density at radius 3 is 2.85 bits per heavy atom. The van der Waals surface area contributed by atoms with Crippen molar-refractivity contribution in [2.75, 3.05) is 11.9 Å². The zero-order valence-corrected chi connectivity index (χ0v) is 14.5. The SMILES string of the molecule is CCOC(=O)c1ccc2nc(C)cc(NC(=O)/C=C/c3ccco3)c2c1. The van der Waals surface area contributed by atoms with Crippen LogP contribution in [0.25, 0.3) is 17.0 Å². The molecular formula is C20H18N2O4. The highest BCUT2D eigenvalue weighted by Gasteiger charge is 2.11. The smallest absolute Gasteiger partial charge is 0.338 e. The van der Waals surface area contributed by atoms with Gasteiger partial charge in [-0.25, -0.2) is 4.79 Å². The third-order valence-electron chi connectivity index (χ3n) is 3.65. The molecular weight excluding hydrogens is 332 g/mol. The van der Waals surface area contributed by atoms with Gasteiger partial charge in [-0.3, -0.25) is 9.78 Å². The number of carbonyl (C=O) groups is 2. The topological polar surface area (TPSA) is 81.4 Å². The predicted octanol–water partition coefficient (Wildman–Crippen LogP) is 3.96. The Morgan fingerprint density at radius 2 is 2.12 bits per heavy atom. The first kappa shape index (κ1) is 17.4. The highest BCUT2D eigenvalue weighted by Crippen LogP contribution is 2.25. The van der Waals surface area contributed by atoms with Crippen LogP contribution < -0.4 is 5.32 Å². The molecule has 0 aliphatic rings. The lowest BCUT2D eigenvalue weighted by molar-refractivity contribution is -0.111. The summed E-state index contributed by atoms with van der Waals surface area (Å²) in [5.41, 5.74) is 2.43. The van der Waals surface area contributed by atoms with Crippen LogP contribution >= 0.6 is 0 Å². The second kappa shape index (κ2) is 7.65. The number of nitrogens with zero attached hydrogens (tertiary/aromatic N) is 1. The number of benzene rings is 1. The number of ether oxygens (including phenoxy) is 1. The van der Waals surface area contributed by atoms with Crippen molar-refractivity contribution in [3.8, 4) is 0 Å².